The number of benzene rings is 4. The van der Waals surface area contributed by atoms with Crippen LogP contribution in [0.15, 0.2) is 84.9 Å². The number of alkyl halides is 18. The molecule has 0 aliphatic carbocycles. The zero-order chi connectivity index (χ0) is 37.2. The predicted octanol–water partition coefficient (Wildman–Crippen LogP) is 9.18. The van der Waals surface area contributed by atoms with Crippen LogP contribution >= 0.6 is 0 Å². The molecule has 4 aromatic rings. The number of halogens is 18. The molecule has 4 aromatic carbocycles. The Morgan fingerprint density at radius 2 is 0.469 bits per heavy atom. The topological polar surface area (TPSA) is 0 Å². The SMILES string of the molecule is FC(F)(F)c1cc([B-](c2ccccc2)(c2cc(C(F)(F)F)cc(C(F)(F)F)c2)c2cc(C(F)(F)F)cc(C(F)(F)F)c2)cc(C(F)(F)F)c1. The van der Waals surface area contributed by atoms with Crippen LogP contribution in [0.2, 0.25) is 0 Å². The molecular weight excluding hydrogens is 713 g/mol. The van der Waals surface area contributed by atoms with Gasteiger partial charge in [-0.3, -0.25) is 0 Å². The van der Waals surface area contributed by atoms with Crippen molar-refractivity contribution < 1.29 is 79.0 Å². The van der Waals surface area contributed by atoms with Gasteiger partial charge in [-0.25, -0.2) is 0 Å². The van der Waals surface area contributed by atoms with E-state index < -0.39 is 117 Å². The van der Waals surface area contributed by atoms with Crippen LogP contribution in [0.1, 0.15) is 33.4 Å². The Morgan fingerprint density at radius 3 is 0.653 bits per heavy atom. The van der Waals surface area contributed by atoms with Crippen LogP contribution in [-0.4, -0.2) is 6.15 Å². The van der Waals surface area contributed by atoms with Crippen molar-refractivity contribution in [1.82, 2.24) is 0 Å². The van der Waals surface area contributed by atoms with E-state index in [1.54, 1.807) is 0 Å². The molecule has 0 aliphatic rings. The van der Waals surface area contributed by atoms with Crippen molar-refractivity contribution in [3.05, 3.63) is 118 Å². The van der Waals surface area contributed by atoms with Gasteiger partial charge in [-0.1, -0.05) is 66.7 Å². The van der Waals surface area contributed by atoms with Crippen molar-refractivity contribution >= 4 is 28.0 Å². The van der Waals surface area contributed by atoms with Gasteiger partial charge in [0.15, 0.2) is 0 Å². The summed E-state index contributed by atoms with van der Waals surface area (Å²) in [5.41, 5.74) is -18.7. The van der Waals surface area contributed by atoms with Crippen LogP contribution in [-0.2, 0) is 37.1 Å². The molecule has 19 heteroatoms. The molecule has 0 aromatic heterocycles. The van der Waals surface area contributed by atoms with Gasteiger partial charge in [0.2, 0.25) is 0 Å². The van der Waals surface area contributed by atoms with Gasteiger partial charge in [0, 0.05) is 0 Å². The first kappa shape index (κ1) is 37.5. The van der Waals surface area contributed by atoms with Crippen molar-refractivity contribution in [1.29, 1.82) is 0 Å². The van der Waals surface area contributed by atoms with Crippen molar-refractivity contribution in [2.24, 2.45) is 0 Å². The summed E-state index contributed by atoms with van der Waals surface area (Å²) in [6.45, 7) is 0. The van der Waals surface area contributed by atoms with Crippen LogP contribution in [0.5, 0.6) is 0 Å². The van der Waals surface area contributed by atoms with E-state index >= 15 is 0 Å². The van der Waals surface area contributed by atoms with E-state index in [9.17, 15) is 79.0 Å². The molecule has 0 heterocycles. The summed E-state index contributed by atoms with van der Waals surface area (Å²) in [5.74, 6) is 0. The zero-order valence-electron chi connectivity index (χ0n) is 23.5. The van der Waals surface area contributed by atoms with Gasteiger partial charge >= 0.3 is 37.1 Å². The lowest BCUT2D eigenvalue weighted by molar-refractivity contribution is -0.144. The monoisotopic (exact) mass is 727 g/mol. The number of rotatable bonds is 4. The largest absolute Gasteiger partial charge is 0.416 e. The Bertz CT molecular complexity index is 1540. The molecule has 0 fully saturated rings. The third-order valence-electron chi connectivity index (χ3n) is 7.63. The highest BCUT2D eigenvalue weighted by molar-refractivity contribution is 7.20. The second-order valence-corrected chi connectivity index (χ2v) is 10.8. The molecule has 0 atom stereocenters. The molecule has 0 N–H and O–H groups in total. The smallest absolute Gasteiger partial charge is 0.195 e. The highest BCUT2D eigenvalue weighted by Crippen LogP contribution is 2.39. The summed E-state index contributed by atoms with van der Waals surface area (Å²) < 4.78 is 253. The number of hydrogen-bond donors (Lipinski definition) is 0. The van der Waals surface area contributed by atoms with E-state index in [0.29, 0.717) is 12.1 Å². The van der Waals surface area contributed by atoms with Gasteiger partial charge in [0.05, 0.1) is 33.4 Å². The van der Waals surface area contributed by atoms with E-state index in [1.807, 2.05) is 0 Å². The lowest BCUT2D eigenvalue weighted by Crippen LogP contribution is -2.75. The van der Waals surface area contributed by atoms with Crippen molar-refractivity contribution in [2.75, 3.05) is 0 Å². The minimum Gasteiger partial charge on any atom is -0.195 e. The average Bonchev–Trinajstić information content (AvgIpc) is 2.95. The molecule has 0 aliphatic heterocycles. The Morgan fingerprint density at radius 1 is 0.265 bits per heavy atom. The first-order valence-electron chi connectivity index (χ1n) is 13.2. The summed E-state index contributed by atoms with van der Waals surface area (Å²) in [4.78, 5) is 0. The Kier molecular flexibility index (Phi) is 9.13. The third kappa shape index (κ3) is 7.64. The molecule has 0 bridgehead atoms. The van der Waals surface area contributed by atoms with Crippen LogP contribution in [0.3, 0.4) is 0 Å². The van der Waals surface area contributed by atoms with Crippen LogP contribution in [0.25, 0.3) is 0 Å². The molecule has 0 amide bonds. The predicted molar refractivity (Wildman–Crippen MR) is 140 cm³/mol. The lowest BCUT2D eigenvalue weighted by Gasteiger charge is -2.46. The maximum atomic E-state index is 14.1. The van der Waals surface area contributed by atoms with Gasteiger partial charge in [-0.2, -0.15) is 101 Å². The quantitative estimate of drug-likeness (QED) is 0.145. The molecule has 49 heavy (non-hydrogen) atoms. The maximum Gasteiger partial charge on any atom is 0.416 e. The molecule has 264 valence electrons. The van der Waals surface area contributed by atoms with Crippen LogP contribution in [0.4, 0.5) is 79.0 Å². The molecule has 4 rings (SSSR count). The zero-order valence-corrected chi connectivity index (χ0v) is 23.5. The van der Waals surface area contributed by atoms with Crippen LogP contribution < -0.4 is 21.9 Å². The Hall–Kier alpha value is -4.32. The summed E-state index contributed by atoms with van der Waals surface area (Å²) in [7, 11) is 0. The van der Waals surface area contributed by atoms with E-state index in [-0.39, 0.29) is 36.4 Å². The van der Waals surface area contributed by atoms with Crippen molar-refractivity contribution in [2.45, 2.75) is 37.1 Å². The second-order valence-electron chi connectivity index (χ2n) is 10.8. The normalized spacial score (nSPS) is 13.9. The fourth-order valence-corrected chi connectivity index (χ4v) is 5.58. The van der Waals surface area contributed by atoms with E-state index in [1.165, 1.54) is 0 Å². The maximum absolute atomic E-state index is 14.1. The Balaban J connectivity index is 2.45. The van der Waals surface area contributed by atoms with Gasteiger partial charge in [-0.05, 0) is 18.2 Å². The highest BCUT2D eigenvalue weighted by atomic mass is 19.4. The first-order valence-corrected chi connectivity index (χ1v) is 13.2. The molecular formula is C30H14BF18-. The molecule has 0 saturated carbocycles. The van der Waals surface area contributed by atoms with Gasteiger partial charge in [-0.15, -0.1) is 0 Å². The molecule has 0 spiro atoms. The first-order chi connectivity index (χ1) is 22.1. The standard InChI is InChI=1S/C30H14BF18/c32-25(33,34)15-6-16(26(35,36)37)10-22(9-15)31(21-4-2-1-3-5-21,23-11-17(27(38,39)40)7-18(12-23)28(41,42)43)24-13-19(29(44,45)46)8-20(14-24)30(47,48)49/h1-14H/q-1. The molecule has 0 saturated heterocycles. The van der Waals surface area contributed by atoms with Crippen molar-refractivity contribution in [3.63, 3.8) is 0 Å². The molecule has 0 unspecified atom stereocenters. The summed E-state index contributed by atoms with van der Waals surface area (Å²) in [6.07, 6.45) is -39.0. The van der Waals surface area contributed by atoms with E-state index in [0.717, 1.165) is 18.2 Å². The van der Waals surface area contributed by atoms with E-state index in [4.69, 9.17) is 0 Å². The molecule has 0 radical (unpaired) electrons. The highest BCUT2D eigenvalue weighted by Gasteiger charge is 2.45. The average molecular weight is 727 g/mol. The third-order valence-corrected chi connectivity index (χ3v) is 7.63. The number of hydrogen-bond acceptors (Lipinski definition) is 0. The van der Waals surface area contributed by atoms with E-state index in [2.05, 4.69) is 0 Å². The molecule has 0 nitrogen and oxygen atoms in total. The summed E-state index contributed by atoms with van der Waals surface area (Å²) >= 11 is 0. The van der Waals surface area contributed by atoms with Gasteiger partial charge in [0.1, 0.15) is 6.15 Å². The minimum atomic E-state index is -5.73. The summed E-state index contributed by atoms with van der Waals surface area (Å²) in [6, 6.07) is 1.83. The fraction of sp³-hybridized carbons (Fsp3) is 0.200. The summed E-state index contributed by atoms with van der Waals surface area (Å²) in [5, 5.41) is 0. The van der Waals surface area contributed by atoms with Crippen LogP contribution in [0, 0.1) is 0 Å². The fourth-order valence-electron chi connectivity index (χ4n) is 5.58. The van der Waals surface area contributed by atoms with Gasteiger partial charge < -0.3 is 0 Å². The minimum absolute atomic E-state index is 0.177. The Labute approximate surface area is 262 Å². The van der Waals surface area contributed by atoms with Crippen molar-refractivity contribution in [3.8, 4) is 0 Å². The van der Waals surface area contributed by atoms with Gasteiger partial charge in [0.25, 0.3) is 0 Å². The lowest BCUT2D eigenvalue weighted by atomic mass is 9.13. The second kappa shape index (κ2) is 11.9.